The van der Waals surface area contributed by atoms with Crippen LogP contribution in [0.2, 0.25) is 0 Å². The fourth-order valence-corrected chi connectivity index (χ4v) is 4.76. The van der Waals surface area contributed by atoms with Gasteiger partial charge in [0, 0.05) is 4.43 Å². The zero-order valence-electron chi connectivity index (χ0n) is 17.7. The number of rotatable bonds is 7. The number of hydrogen-bond donors (Lipinski definition) is 10. The van der Waals surface area contributed by atoms with E-state index in [-0.39, 0.29) is 4.43 Å². The quantitative estimate of drug-likeness (QED) is 0.0947. The third kappa shape index (κ3) is 5.67. The maximum absolute atomic E-state index is 10.7. The van der Waals surface area contributed by atoms with Crippen molar-refractivity contribution in [3.05, 3.63) is 0 Å². The van der Waals surface area contributed by atoms with Gasteiger partial charge in [-0.05, 0) is 0 Å². The Morgan fingerprint density at radius 2 is 0.971 bits per heavy atom. The van der Waals surface area contributed by atoms with Gasteiger partial charge in [0.05, 0.1) is 19.3 Å². The Morgan fingerprint density at radius 3 is 1.47 bits per heavy atom. The van der Waals surface area contributed by atoms with Gasteiger partial charge in [-0.2, -0.15) is 0 Å². The van der Waals surface area contributed by atoms with Gasteiger partial charge in [0.15, 0.2) is 18.9 Å². The van der Waals surface area contributed by atoms with E-state index in [4.69, 9.17) is 23.7 Å². The molecule has 0 aromatic rings. The molecule has 0 saturated carbocycles. The van der Waals surface area contributed by atoms with Crippen LogP contribution < -0.4 is 0 Å². The molecule has 0 aliphatic carbocycles. The van der Waals surface area contributed by atoms with Crippen molar-refractivity contribution in [3.8, 4) is 0 Å². The number of hydrogen-bond acceptors (Lipinski definition) is 15. The van der Waals surface area contributed by atoms with E-state index in [0.717, 1.165) is 0 Å². The van der Waals surface area contributed by atoms with Gasteiger partial charge in [0.2, 0.25) is 0 Å². The van der Waals surface area contributed by atoms with Gasteiger partial charge in [-0.25, -0.2) is 0 Å². The summed E-state index contributed by atoms with van der Waals surface area (Å²) < 4.78 is 27.1. The van der Waals surface area contributed by atoms with E-state index in [1.54, 1.807) is 0 Å². The molecule has 0 spiro atoms. The molecule has 0 amide bonds. The third-order valence-corrected chi connectivity index (χ3v) is 6.93. The topological polar surface area (TPSA) is 248 Å². The van der Waals surface area contributed by atoms with E-state index in [1.807, 2.05) is 22.6 Å². The van der Waals surface area contributed by atoms with Crippen LogP contribution in [0.5, 0.6) is 0 Å². The predicted octanol–water partition coefficient (Wildman–Crippen LogP) is -6.13. The van der Waals surface area contributed by atoms with Gasteiger partial charge in [-0.3, -0.25) is 0 Å². The molecule has 0 aromatic heterocycles. The fourth-order valence-electron chi connectivity index (χ4n) is 4.03. The van der Waals surface area contributed by atoms with Crippen molar-refractivity contribution >= 4 is 22.6 Å². The van der Waals surface area contributed by atoms with Crippen molar-refractivity contribution in [1.82, 2.24) is 0 Å². The molecule has 16 heteroatoms. The molecular weight excluding hydrogens is 583 g/mol. The Labute approximate surface area is 207 Å². The molecule has 15 atom stereocenters. The lowest BCUT2D eigenvalue weighted by molar-refractivity contribution is -0.376. The number of alkyl halides is 1. The van der Waals surface area contributed by atoms with Crippen LogP contribution in [0, 0.1) is 0 Å². The number of halogens is 1. The highest BCUT2D eigenvalue weighted by molar-refractivity contribution is 14.1. The second-order valence-corrected chi connectivity index (χ2v) is 9.19. The largest absolute Gasteiger partial charge is 0.394 e. The Bertz CT molecular complexity index is 640. The lowest BCUT2D eigenvalue weighted by Crippen LogP contribution is -2.66. The highest BCUT2D eigenvalue weighted by Crippen LogP contribution is 2.32. The van der Waals surface area contributed by atoms with Crippen LogP contribution in [-0.2, 0) is 23.7 Å². The van der Waals surface area contributed by atoms with Gasteiger partial charge in [-0.15, -0.1) is 0 Å². The van der Waals surface area contributed by atoms with Crippen molar-refractivity contribution in [2.24, 2.45) is 0 Å². The van der Waals surface area contributed by atoms with Crippen molar-refractivity contribution in [1.29, 1.82) is 0 Å². The van der Waals surface area contributed by atoms with E-state index >= 15 is 0 Å². The third-order valence-electron chi connectivity index (χ3n) is 6.06. The molecule has 15 nitrogen and oxygen atoms in total. The molecule has 3 saturated heterocycles. The molecule has 200 valence electrons. The first-order valence-electron chi connectivity index (χ1n) is 10.5. The summed E-state index contributed by atoms with van der Waals surface area (Å²) in [4.78, 5) is 0. The summed E-state index contributed by atoms with van der Waals surface area (Å²) in [5.74, 6) is 0. The Morgan fingerprint density at radius 1 is 0.529 bits per heavy atom. The summed E-state index contributed by atoms with van der Waals surface area (Å²) in [5.41, 5.74) is 0. The molecule has 0 aromatic carbocycles. The van der Waals surface area contributed by atoms with E-state index < -0.39 is 105 Å². The maximum atomic E-state index is 10.7. The first kappa shape index (κ1) is 28.7. The summed E-state index contributed by atoms with van der Waals surface area (Å²) in [6, 6.07) is 0. The number of aliphatic hydroxyl groups excluding tert-OH is 10. The molecule has 1 unspecified atom stereocenters. The van der Waals surface area contributed by atoms with Gasteiger partial charge < -0.3 is 74.7 Å². The average molecular weight is 614 g/mol. The van der Waals surface area contributed by atoms with Crippen LogP contribution >= 0.6 is 22.6 Å². The van der Waals surface area contributed by atoms with Crippen molar-refractivity contribution < 1.29 is 74.7 Å². The standard InChI is InChI=1S/C18H31IO15/c19-1-4-7(22)8(23)12(27)17(31-4)34-15-6(3-21)32-18(13(28)10(15)25)33-14-5(2-20)30-16(29)11(26)9(14)24/h4-18,20-29H,1-3H2/t4-,5-,6-,7-,8+,9-,10-,11-,12-,13-,14-,15-,16?,17-,18-/m1/s1. The molecule has 0 radical (unpaired) electrons. The molecule has 3 aliphatic rings. The average Bonchev–Trinajstić information content (AvgIpc) is 2.83. The Kier molecular flexibility index (Phi) is 10.2. The summed E-state index contributed by atoms with van der Waals surface area (Å²) in [5, 5.41) is 100. The highest BCUT2D eigenvalue weighted by Gasteiger charge is 2.53. The minimum atomic E-state index is -1.86. The van der Waals surface area contributed by atoms with Gasteiger partial charge >= 0.3 is 0 Å². The SMILES string of the molecule is OC[C@H]1O[C@H](O[C@H]2[C@H](O)[C@@H](O)C(O)O[C@@H]2CO)[C@H](O)[C@@H](O)[C@@H]1O[C@H]1O[C@H](CI)[C@@H](O)[C@H](O)[C@H]1O. The van der Waals surface area contributed by atoms with E-state index in [0.29, 0.717) is 0 Å². The lowest BCUT2D eigenvalue weighted by atomic mass is 9.96. The lowest BCUT2D eigenvalue weighted by Gasteiger charge is -2.47. The van der Waals surface area contributed by atoms with Crippen LogP contribution in [0.25, 0.3) is 0 Å². The number of aliphatic hydroxyl groups is 10. The van der Waals surface area contributed by atoms with Crippen LogP contribution in [-0.4, -0.2) is 161 Å². The molecule has 0 bridgehead atoms. The van der Waals surface area contributed by atoms with Crippen LogP contribution in [0.4, 0.5) is 0 Å². The second-order valence-electron chi connectivity index (χ2n) is 8.31. The molecule has 34 heavy (non-hydrogen) atoms. The smallest absolute Gasteiger partial charge is 0.187 e. The zero-order chi connectivity index (χ0) is 25.3. The second kappa shape index (κ2) is 12.1. The van der Waals surface area contributed by atoms with E-state index in [1.165, 1.54) is 0 Å². The van der Waals surface area contributed by atoms with Gasteiger partial charge in [0.1, 0.15) is 67.1 Å². The first-order valence-corrected chi connectivity index (χ1v) is 12.1. The molecule has 3 aliphatic heterocycles. The fraction of sp³-hybridized carbons (Fsp3) is 1.00. The number of ether oxygens (including phenoxy) is 5. The van der Waals surface area contributed by atoms with Crippen molar-refractivity contribution in [2.75, 3.05) is 17.6 Å². The Balaban J connectivity index is 1.72. The highest BCUT2D eigenvalue weighted by atomic mass is 127. The monoisotopic (exact) mass is 614 g/mol. The van der Waals surface area contributed by atoms with Gasteiger partial charge in [0.25, 0.3) is 0 Å². The summed E-state index contributed by atoms with van der Waals surface area (Å²) in [6.07, 6.45) is -23.7. The van der Waals surface area contributed by atoms with Crippen LogP contribution in [0.3, 0.4) is 0 Å². The predicted molar refractivity (Wildman–Crippen MR) is 113 cm³/mol. The van der Waals surface area contributed by atoms with Crippen molar-refractivity contribution in [3.63, 3.8) is 0 Å². The maximum Gasteiger partial charge on any atom is 0.187 e. The molecule has 10 N–H and O–H groups in total. The molecule has 3 heterocycles. The van der Waals surface area contributed by atoms with Gasteiger partial charge in [-0.1, -0.05) is 22.6 Å². The zero-order valence-corrected chi connectivity index (χ0v) is 19.8. The first-order chi connectivity index (χ1) is 16.0. The molecular formula is C18H31IO15. The normalized spacial score (nSPS) is 52.5. The van der Waals surface area contributed by atoms with Crippen LogP contribution in [0.1, 0.15) is 0 Å². The van der Waals surface area contributed by atoms with Crippen LogP contribution in [0.15, 0.2) is 0 Å². The van der Waals surface area contributed by atoms with Crippen molar-refractivity contribution in [2.45, 2.75) is 92.1 Å². The summed E-state index contributed by atoms with van der Waals surface area (Å²) in [6.45, 7) is -1.51. The van der Waals surface area contributed by atoms with E-state index in [9.17, 15) is 51.1 Å². The summed E-state index contributed by atoms with van der Waals surface area (Å²) in [7, 11) is 0. The minimum absolute atomic E-state index is 0.229. The summed E-state index contributed by atoms with van der Waals surface area (Å²) >= 11 is 1.89. The Hall–Kier alpha value is 0.130. The minimum Gasteiger partial charge on any atom is -0.394 e. The molecule has 3 rings (SSSR count). The van der Waals surface area contributed by atoms with E-state index in [2.05, 4.69) is 0 Å². The molecule has 3 fully saturated rings.